The minimum atomic E-state index is -1.08. The lowest BCUT2D eigenvalue weighted by molar-refractivity contribution is 0.122. The van der Waals surface area contributed by atoms with Crippen LogP contribution in [0.3, 0.4) is 0 Å². The third kappa shape index (κ3) is 4.21. The van der Waals surface area contributed by atoms with Gasteiger partial charge in [-0.2, -0.15) is 0 Å². The van der Waals surface area contributed by atoms with Gasteiger partial charge < -0.3 is 5.11 Å². The SMILES string of the molecule is CCCCC#CC(C)(O)c1ccc(-c2ccccc2)cc1. The van der Waals surface area contributed by atoms with E-state index in [1.165, 1.54) is 5.56 Å². The highest BCUT2D eigenvalue weighted by atomic mass is 16.3. The van der Waals surface area contributed by atoms with Gasteiger partial charge in [-0.1, -0.05) is 79.8 Å². The summed E-state index contributed by atoms with van der Waals surface area (Å²) in [7, 11) is 0. The molecular weight excluding hydrogens is 256 g/mol. The van der Waals surface area contributed by atoms with Crippen molar-refractivity contribution >= 4 is 0 Å². The molecule has 0 saturated heterocycles. The molecule has 0 radical (unpaired) electrons. The second-order valence-electron chi connectivity index (χ2n) is 5.42. The van der Waals surface area contributed by atoms with E-state index in [2.05, 4.69) is 30.9 Å². The summed E-state index contributed by atoms with van der Waals surface area (Å²) in [4.78, 5) is 0. The van der Waals surface area contributed by atoms with Crippen LogP contribution in [0.1, 0.15) is 38.7 Å². The van der Waals surface area contributed by atoms with Gasteiger partial charge in [0.05, 0.1) is 0 Å². The highest BCUT2D eigenvalue weighted by molar-refractivity contribution is 5.63. The normalized spacial score (nSPS) is 13.1. The topological polar surface area (TPSA) is 20.2 Å². The van der Waals surface area contributed by atoms with Gasteiger partial charge in [-0.3, -0.25) is 0 Å². The standard InChI is InChI=1S/C20H22O/c1-3-4-5-9-16-20(2,21)19-14-12-18(13-15-19)17-10-7-6-8-11-17/h6-8,10-15,21H,3-5H2,1-2H3. The average Bonchev–Trinajstić information content (AvgIpc) is 2.53. The van der Waals surface area contributed by atoms with E-state index in [9.17, 15) is 5.11 Å². The summed E-state index contributed by atoms with van der Waals surface area (Å²) in [5.74, 6) is 6.05. The minimum Gasteiger partial charge on any atom is -0.374 e. The second-order valence-corrected chi connectivity index (χ2v) is 5.42. The van der Waals surface area contributed by atoms with Crippen molar-refractivity contribution in [1.29, 1.82) is 0 Å². The molecule has 108 valence electrons. The zero-order valence-electron chi connectivity index (χ0n) is 12.8. The Labute approximate surface area is 127 Å². The number of hydrogen-bond donors (Lipinski definition) is 1. The summed E-state index contributed by atoms with van der Waals surface area (Å²) in [6.45, 7) is 3.89. The first-order chi connectivity index (χ1) is 10.1. The van der Waals surface area contributed by atoms with Crippen LogP contribution in [0.4, 0.5) is 0 Å². The lowest BCUT2D eigenvalue weighted by Gasteiger charge is -2.17. The Morgan fingerprint density at radius 3 is 2.19 bits per heavy atom. The third-order valence-electron chi connectivity index (χ3n) is 3.54. The van der Waals surface area contributed by atoms with Gasteiger partial charge in [0.1, 0.15) is 5.60 Å². The number of unbranched alkanes of at least 4 members (excludes halogenated alkanes) is 2. The quantitative estimate of drug-likeness (QED) is 0.632. The molecule has 0 amide bonds. The van der Waals surface area contributed by atoms with Gasteiger partial charge in [0.15, 0.2) is 0 Å². The molecule has 0 aliphatic heterocycles. The molecule has 0 aliphatic carbocycles. The summed E-state index contributed by atoms with van der Waals surface area (Å²) >= 11 is 0. The fourth-order valence-electron chi connectivity index (χ4n) is 2.19. The molecule has 2 aromatic carbocycles. The van der Waals surface area contributed by atoms with Gasteiger partial charge in [-0.05, 0) is 30.0 Å². The number of aliphatic hydroxyl groups is 1. The number of hydrogen-bond acceptors (Lipinski definition) is 1. The van der Waals surface area contributed by atoms with Crippen LogP contribution in [0.15, 0.2) is 54.6 Å². The lowest BCUT2D eigenvalue weighted by Crippen LogP contribution is -2.18. The van der Waals surface area contributed by atoms with Gasteiger partial charge in [0.25, 0.3) is 0 Å². The van der Waals surface area contributed by atoms with E-state index in [0.29, 0.717) is 0 Å². The summed E-state index contributed by atoms with van der Waals surface area (Å²) in [6, 6.07) is 18.2. The molecule has 2 aromatic rings. The Morgan fingerprint density at radius 2 is 1.57 bits per heavy atom. The molecule has 0 aromatic heterocycles. The number of rotatable bonds is 4. The molecule has 0 fully saturated rings. The van der Waals surface area contributed by atoms with E-state index in [4.69, 9.17) is 0 Å². The van der Waals surface area contributed by atoms with E-state index in [-0.39, 0.29) is 0 Å². The van der Waals surface area contributed by atoms with E-state index in [0.717, 1.165) is 30.4 Å². The third-order valence-corrected chi connectivity index (χ3v) is 3.54. The fourth-order valence-corrected chi connectivity index (χ4v) is 2.19. The maximum Gasteiger partial charge on any atom is 0.148 e. The maximum absolute atomic E-state index is 10.5. The second kappa shape index (κ2) is 7.11. The summed E-state index contributed by atoms with van der Waals surface area (Å²) in [5, 5.41) is 10.5. The first-order valence-electron chi connectivity index (χ1n) is 7.52. The van der Waals surface area contributed by atoms with E-state index < -0.39 is 5.60 Å². The summed E-state index contributed by atoms with van der Waals surface area (Å²) in [6.07, 6.45) is 3.05. The minimum absolute atomic E-state index is 0.839. The Balaban J connectivity index is 2.16. The van der Waals surface area contributed by atoms with Crippen LogP contribution in [0, 0.1) is 11.8 Å². The molecule has 21 heavy (non-hydrogen) atoms. The Kier molecular flexibility index (Phi) is 5.20. The molecule has 0 spiro atoms. The zero-order valence-corrected chi connectivity index (χ0v) is 12.8. The molecule has 0 heterocycles. The summed E-state index contributed by atoms with van der Waals surface area (Å²) in [5.41, 5.74) is 2.08. The van der Waals surface area contributed by atoms with Gasteiger partial charge >= 0.3 is 0 Å². The first kappa shape index (κ1) is 15.4. The Hall–Kier alpha value is -2.04. The Morgan fingerprint density at radius 1 is 0.952 bits per heavy atom. The molecule has 2 rings (SSSR count). The Bertz CT molecular complexity index is 612. The van der Waals surface area contributed by atoms with Crippen molar-refractivity contribution < 1.29 is 5.11 Å². The van der Waals surface area contributed by atoms with Crippen LogP contribution in [0.25, 0.3) is 11.1 Å². The zero-order chi connectivity index (χ0) is 15.1. The predicted molar refractivity (Wildman–Crippen MR) is 88.7 cm³/mol. The van der Waals surface area contributed by atoms with Crippen molar-refractivity contribution in [3.8, 4) is 23.0 Å². The van der Waals surface area contributed by atoms with Crippen molar-refractivity contribution in [3.63, 3.8) is 0 Å². The van der Waals surface area contributed by atoms with Crippen LogP contribution >= 0.6 is 0 Å². The van der Waals surface area contributed by atoms with Crippen molar-refractivity contribution in [2.24, 2.45) is 0 Å². The summed E-state index contributed by atoms with van der Waals surface area (Å²) < 4.78 is 0. The van der Waals surface area contributed by atoms with Crippen LogP contribution in [-0.2, 0) is 5.60 Å². The van der Waals surface area contributed by atoms with Crippen molar-refractivity contribution in [2.75, 3.05) is 0 Å². The van der Waals surface area contributed by atoms with E-state index in [1.807, 2.05) is 42.5 Å². The van der Waals surface area contributed by atoms with Crippen molar-refractivity contribution in [3.05, 3.63) is 60.2 Å². The van der Waals surface area contributed by atoms with Gasteiger partial charge in [-0.15, -0.1) is 0 Å². The highest BCUT2D eigenvalue weighted by Crippen LogP contribution is 2.24. The molecular formula is C20H22O. The predicted octanol–water partition coefficient (Wildman–Crippen LogP) is 4.75. The average molecular weight is 278 g/mol. The van der Waals surface area contributed by atoms with Crippen LogP contribution < -0.4 is 0 Å². The lowest BCUT2D eigenvalue weighted by atomic mass is 9.94. The molecule has 1 unspecified atom stereocenters. The molecule has 0 saturated carbocycles. The van der Waals surface area contributed by atoms with Crippen LogP contribution in [0.5, 0.6) is 0 Å². The van der Waals surface area contributed by atoms with E-state index in [1.54, 1.807) is 6.92 Å². The monoisotopic (exact) mass is 278 g/mol. The van der Waals surface area contributed by atoms with Gasteiger partial charge in [0, 0.05) is 6.42 Å². The molecule has 0 aliphatic rings. The molecule has 1 N–H and O–H groups in total. The van der Waals surface area contributed by atoms with E-state index >= 15 is 0 Å². The van der Waals surface area contributed by atoms with Crippen LogP contribution in [0.2, 0.25) is 0 Å². The maximum atomic E-state index is 10.5. The molecule has 0 bridgehead atoms. The molecule has 1 atom stereocenters. The highest BCUT2D eigenvalue weighted by Gasteiger charge is 2.19. The molecule has 1 nitrogen and oxygen atoms in total. The smallest absolute Gasteiger partial charge is 0.148 e. The first-order valence-corrected chi connectivity index (χ1v) is 7.52. The van der Waals surface area contributed by atoms with Crippen LogP contribution in [-0.4, -0.2) is 5.11 Å². The van der Waals surface area contributed by atoms with Gasteiger partial charge in [-0.25, -0.2) is 0 Å². The van der Waals surface area contributed by atoms with Crippen molar-refractivity contribution in [2.45, 2.75) is 38.7 Å². The number of benzene rings is 2. The van der Waals surface area contributed by atoms with Crippen molar-refractivity contribution in [1.82, 2.24) is 0 Å². The van der Waals surface area contributed by atoms with Gasteiger partial charge in [0.2, 0.25) is 0 Å². The molecule has 1 heteroatoms. The largest absolute Gasteiger partial charge is 0.374 e. The fraction of sp³-hybridized carbons (Fsp3) is 0.300.